The molecule has 0 bridgehead atoms. The number of carbonyl (C=O) groups excluding carboxylic acids is 2. The Labute approximate surface area is 170 Å². The molecule has 29 heavy (non-hydrogen) atoms. The first-order valence-electron chi connectivity index (χ1n) is 9.31. The maximum Gasteiger partial charge on any atom is 0.312 e. The quantitative estimate of drug-likeness (QED) is 0.573. The van der Waals surface area contributed by atoms with Gasteiger partial charge in [0.15, 0.2) is 0 Å². The molecule has 2 aromatic rings. The Morgan fingerprint density at radius 1 is 1.00 bits per heavy atom. The van der Waals surface area contributed by atoms with Crippen molar-refractivity contribution in [2.75, 3.05) is 0 Å². The van der Waals surface area contributed by atoms with Crippen molar-refractivity contribution in [2.45, 2.75) is 45.2 Å². The first kappa shape index (κ1) is 21.9. The number of carboxylic acids is 1. The van der Waals surface area contributed by atoms with E-state index in [0.717, 1.165) is 16.7 Å². The Morgan fingerprint density at radius 3 is 2.07 bits per heavy atom. The lowest BCUT2D eigenvalue weighted by molar-refractivity contribution is -0.137. The molecular weight excluding hydrogens is 370 g/mol. The summed E-state index contributed by atoms with van der Waals surface area (Å²) in [6, 6.07) is 13.0. The highest BCUT2D eigenvalue weighted by Gasteiger charge is 2.20. The third-order valence-corrected chi connectivity index (χ3v) is 4.55. The van der Waals surface area contributed by atoms with Gasteiger partial charge in [-0.05, 0) is 34.2 Å². The normalized spacial score (nSPS) is 12.1. The molecule has 0 aliphatic carbocycles. The van der Waals surface area contributed by atoms with Crippen LogP contribution >= 0.6 is 0 Å². The van der Waals surface area contributed by atoms with E-state index in [0.29, 0.717) is 5.56 Å². The lowest BCUT2D eigenvalue weighted by atomic mass is 9.86. The molecule has 0 aromatic heterocycles. The van der Waals surface area contributed by atoms with Gasteiger partial charge in [0.1, 0.15) is 0 Å². The zero-order chi connectivity index (χ0) is 21.6. The third kappa shape index (κ3) is 6.64. The summed E-state index contributed by atoms with van der Waals surface area (Å²) in [5.74, 6) is -1.37. The van der Waals surface area contributed by atoms with Crippen molar-refractivity contribution in [3.8, 4) is 0 Å². The van der Waals surface area contributed by atoms with E-state index in [4.69, 9.17) is 5.73 Å². The zero-order valence-corrected chi connectivity index (χ0v) is 16.9. The van der Waals surface area contributed by atoms with Gasteiger partial charge in [-0.25, -0.2) is 4.79 Å². The molecule has 0 fully saturated rings. The second-order valence-electron chi connectivity index (χ2n) is 7.91. The van der Waals surface area contributed by atoms with Crippen molar-refractivity contribution >= 4 is 17.9 Å². The van der Waals surface area contributed by atoms with Crippen LogP contribution < -0.4 is 16.4 Å². The van der Waals surface area contributed by atoms with Crippen molar-refractivity contribution in [3.63, 3.8) is 0 Å². The molecule has 154 valence electrons. The zero-order valence-electron chi connectivity index (χ0n) is 16.9. The summed E-state index contributed by atoms with van der Waals surface area (Å²) < 4.78 is 0. The van der Waals surface area contributed by atoms with Gasteiger partial charge in [0.05, 0.1) is 12.5 Å². The monoisotopic (exact) mass is 397 g/mol. The van der Waals surface area contributed by atoms with Gasteiger partial charge in [0.25, 0.3) is 5.91 Å². The Hall–Kier alpha value is -3.35. The van der Waals surface area contributed by atoms with Crippen LogP contribution in [0.25, 0.3) is 0 Å². The number of primary amides is 1. The van der Waals surface area contributed by atoms with Crippen LogP contribution in [-0.4, -0.2) is 23.0 Å². The maximum atomic E-state index is 12.6. The molecule has 0 radical (unpaired) electrons. The van der Waals surface area contributed by atoms with Crippen LogP contribution in [0.3, 0.4) is 0 Å². The third-order valence-electron chi connectivity index (χ3n) is 4.55. The average molecular weight is 397 g/mol. The van der Waals surface area contributed by atoms with Crippen LogP contribution in [0.1, 0.15) is 60.3 Å². The van der Waals surface area contributed by atoms with Gasteiger partial charge in [-0.15, -0.1) is 0 Å². The summed E-state index contributed by atoms with van der Waals surface area (Å²) in [5, 5.41) is 14.5. The smallest absolute Gasteiger partial charge is 0.312 e. The minimum absolute atomic E-state index is 0.0187. The molecule has 1 unspecified atom stereocenters. The predicted molar refractivity (Wildman–Crippen MR) is 110 cm³/mol. The van der Waals surface area contributed by atoms with Crippen LogP contribution in [0.4, 0.5) is 4.79 Å². The number of aliphatic carboxylic acids is 1. The molecule has 1 atom stereocenters. The van der Waals surface area contributed by atoms with Crippen LogP contribution in [0.5, 0.6) is 0 Å². The summed E-state index contributed by atoms with van der Waals surface area (Å²) in [4.78, 5) is 34.7. The molecule has 5 N–H and O–H groups in total. The minimum atomic E-state index is -0.997. The second kappa shape index (κ2) is 9.23. The molecule has 7 heteroatoms. The fraction of sp³-hybridized carbons (Fsp3) is 0.318. The van der Waals surface area contributed by atoms with Crippen molar-refractivity contribution < 1.29 is 19.5 Å². The van der Waals surface area contributed by atoms with E-state index in [1.807, 2.05) is 24.3 Å². The second-order valence-corrected chi connectivity index (χ2v) is 7.91. The van der Waals surface area contributed by atoms with Gasteiger partial charge < -0.3 is 21.5 Å². The standard InChI is InChI=1S/C22H27N3O4/c1-22(2,3)17-10-8-15(9-11-17)18(12-19(26)27)25-20(28)16-6-4-14(5-7-16)13-24-21(23)29/h4-11,18H,12-13H2,1-3H3,(H,25,28)(H,26,27)(H3,23,24,29). The lowest BCUT2D eigenvalue weighted by Gasteiger charge is -2.22. The number of nitrogens with one attached hydrogen (secondary N) is 2. The molecule has 3 amide bonds. The molecule has 0 saturated carbocycles. The number of hydrogen-bond donors (Lipinski definition) is 4. The number of hydrogen-bond acceptors (Lipinski definition) is 3. The van der Waals surface area contributed by atoms with Crippen LogP contribution in [0, 0.1) is 0 Å². The van der Waals surface area contributed by atoms with Gasteiger partial charge in [-0.3, -0.25) is 9.59 Å². The van der Waals surface area contributed by atoms with Gasteiger partial charge in [0.2, 0.25) is 0 Å². The van der Waals surface area contributed by atoms with Crippen LogP contribution in [-0.2, 0) is 16.8 Å². The summed E-state index contributed by atoms with van der Waals surface area (Å²) in [5.41, 5.74) is 8.07. The van der Waals surface area contributed by atoms with E-state index in [9.17, 15) is 19.5 Å². The van der Waals surface area contributed by atoms with Crippen LogP contribution in [0.15, 0.2) is 48.5 Å². The van der Waals surface area contributed by atoms with Gasteiger partial charge in [0, 0.05) is 12.1 Å². The first-order valence-corrected chi connectivity index (χ1v) is 9.31. The Morgan fingerprint density at radius 2 is 1.59 bits per heavy atom. The van der Waals surface area contributed by atoms with Crippen molar-refractivity contribution in [1.29, 1.82) is 0 Å². The molecule has 7 nitrogen and oxygen atoms in total. The van der Waals surface area contributed by atoms with E-state index < -0.39 is 18.0 Å². The number of carboxylic acid groups (broad SMARTS) is 1. The molecule has 0 aliphatic rings. The Balaban J connectivity index is 2.14. The fourth-order valence-electron chi connectivity index (χ4n) is 2.85. The van der Waals surface area contributed by atoms with Gasteiger partial charge in [-0.1, -0.05) is 57.2 Å². The minimum Gasteiger partial charge on any atom is -0.481 e. The Bertz CT molecular complexity index is 868. The molecule has 2 rings (SSSR count). The highest BCUT2D eigenvalue weighted by molar-refractivity contribution is 5.94. The van der Waals surface area contributed by atoms with E-state index in [1.165, 1.54) is 0 Å². The Kier molecular flexibility index (Phi) is 6.98. The van der Waals surface area contributed by atoms with Gasteiger partial charge >= 0.3 is 12.0 Å². The fourth-order valence-corrected chi connectivity index (χ4v) is 2.85. The van der Waals surface area contributed by atoms with Crippen molar-refractivity contribution in [1.82, 2.24) is 10.6 Å². The maximum absolute atomic E-state index is 12.6. The summed E-state index contributed by atoms with van der Waals surface area (Å²) in [6.45, 7) is 6.56. The largest absolute Gasteiger partial charge is 0.481 e. The highest BCUT2D eigenvalue weighted by Crippen LogP contribution is 2.25. The highest BCUT2D eigenvalue weighted by atomic mass is 16.4. The summed E-state index contributed by atoms with van der Waals surface area (Å²) in [6.07, 6.45) is -0.221. The number of urea groups is 1. The van der Waals surface area contributed by atoms with E-state index in [-0.39, 0.29) is 24.3 Å². The first-order chi connectivity index (χ1) is 13.6. The number of amides is 3. The summed E-state index contributed by atoms with van der Waals surface area (Å²) in [7, 11) is 0. The van der Waals surface area contributed by atoms with Crippen LogP contribution in [0.2, 0.25) is 0 Å². The summed E-state index contributed by atoms with van der Waals surface area (Å²) >= 11 is 0. The molecule has 0 aliphatic heterocycles. The van der Waals surface area contributed by atoms with Crippen molar-refractivity contribution in [3.05, 3.63) is 70.8 Å². The molecular formula is C22H27N3O4. The number of benzene rings is 2. The predicted octanol–water partition coefficient (Wildman–Crippen LogP) is 3.10. The van der Waals surface area contributed by atoms with E-state index in [1.54, 1.807) is 24.3 Å². The average Bonchev–Trinajstić information content (AvgIpc) is 2.65. The SMILES string of the molecule is CC(C)(C)c1ccc(C(CC(=O)O)NC(=O)c2ccc(CNC(N)=O)cc2)cc1. The molecule has 0 saturated heterocycles. The number of carbonyl (C=O) groups is 3. The van der Waals surface area contributed by atoms with Crippen molar-refractivity contribution in [2.24, 2.45) is 5.73 Å². The molecule has 2 aromatic carbocycles. The van der Waals surface area contributed by atoms with E-state index in [2.05, 4.69) is 31.4 Å². The van der Waals surface area contributed by atoms with Gasteiger partial charge in [-0.2, -0.15) is 0 Å². The number of nitrogens with two attached hydrogens (primary N) is 1. The molecule has 0 spiro atoms. The topological polar surface area (TPSA) is 122 Å². The lowest BCUT2D eigenvalue weighted by Crippen LogP contribution is -2.30. The molecule has 0 heterocycles. The number of rotatable bonds is 7. The van der Waals surface area contributed by atoms with E-state index >= 15 is 0 Å².